The Morgan fingerprint density at radius 3 is 2.58 bits per heavy atom. The summed E-state index contributed by atoms with van der Waals surface area (Å²) >= 11 is 0. The van der Waals surface area contributed by atoms with Gasteiger partial charge in [0.25, 0.3) is 0 Å². The fourth-order valence-corrected chi connectivity index (χ4v) is 6.18. The maximum absolute atomic E-state index is 13.0. The van der Waals surface area contributed by atoms with Crippen molar-refractivity contribution in [1.29, 1.82) is 0 Å². The minimum absolute atomic E-state index is 0.148. The second-order valence-corrected chi connectivity index (χ2v) is 11.8. The molecule has 2 aliphatic carbocycles. The summed E-state index contributed by atoms with van der Waals surface area (Å²) in [6.07, 6.45) is 6.90. The van der Waals surface area contributed by atoms with Gasteiger partial charge >= 0.3 is 0 Å². The fraction of sp³-hybridized carbons (Fsp3) is 0.560. The summed E-state index contributed by atoms with van der Waals surface area (Å²) in [5.41, 5.74) is 5.30. The van der Waals surface area contributed by atoms with Gasteiger partial charge in [0.1, 0.15) is 5.75 Å². The van der Waals surface area contributed by atoms with E-state index in [4.69, 9.17) is 4.42 Å². The largest absolute Gasteiger partial charge is 0.453 e. The lowest BCUT2D eigenvalue weighted by Gasteiger charge is -2.22. The molecule has 0 saturated heterocycles. The fourth-order valence-electron chi connectivity index (χ4n) is 5.01. The van der Waals surface area contributed by atoms with Gasteiger partial charge in [-0.1, -0.05) is 13.0 Å². The summed E-state index contributed by atoms with van der Waals surface area (Å²) in [5.74, 6) is 0.153. The third-order valence-corrected chi connectivity index (χ3v) is 8.39. The third kappa shape index (κ3) is 4.51. The van der Waals surface area contributed by atoms with Crippen LogP contribution in [-0.4, -0.2) is 25.1 Å². The Kier molecular flexibility index (Phi) is 5.67. The number of hydrogen-bond acceptors (Lipinski definition) is 5. The second-order valence-electron chi connectivity index (χ2n) is 9.89. The summed E-state index contributed by atoms with van der Waals surface area (Å²) in [4.78, 5) is 13.0. The maximum atomic E-state index is 13.0. The molecular weight excluding hydrogens is 412 g/mol. The summed E-state index contributed by atoms with van der Waals surface area (Å²) in [6, 6.07) is 3.59. The normalized spacial score (nSPS) is 17.6. The van der Waals surface area contributed by atoms with Gasteiger partial charge in [-0.2, -0.15) is 0 Å². The quantitative estimate of drug-likeness (QED) is 0.652. The molecule has 6 heteroatoms. The molecule has 1 atom stereocenters. The van der Waals surface area contributed by atoms with Crippen LogP contribution in [0.3, 0.4) is 0 Å². The highest BCUT2D eigenvalue weighted by atomic mass is 32.2. The Balaban J connectivity index is 1.61. The van der Waals surface area contributed by atoms with Crippen LogP contribution in [0.5, 0.6) is 0 Å². The number of carbonyl (C=O) groups is 1. The van der Waals surface area contributed by atoms with E-state index in [9.17, 15) is 18.3 Å². The van der Waals surface area contributed by atoms with Crippen molar-refractivity contribution in [3.05, 3.63) is 51.8 Å². The lowest BCUT2D eigenvalue weighted by molar-refractivity contribution is -0.116. The highest BCUT2D eigenvalue weighted by molar-refractivity contribution is 7.92. The Bertz CT molecular complexity index is 1110. The van der Waals surface area contributed by atoms with Crippen molar-refractivity contribution in [2.75, 3.05) is 5.75 Å². The predicted molar refractivity (Wildman–Crippen MR) is 119 cm³/mol. The van der Waals surface area contributed by atoms with Crippen LogP contribution in [0, 0.1) is 12.8 Å². The number of sulfone groups is 1. The number of aliphatic hydroxyl groups is 1. The molecule has 0 spiro atoms. The van der Waals surface area contributed by atoms with Gasteiger partial charge in [0.15, 0.2) is 5.78 Å². The molecule has 4 rings (SSSR count). The smallest absolute Gasteiger partial charge is 0.218 e. The van der Waals surface area contributed by atoms with Gasteiger partial charge < -0.3 is 9.52 Å². The monoisotopic (exact) mass is 444 g/mol. The van der Waals surface area contributed by atoms with Crippen LogP contribution in [0.1, 0.15) is 79.3 Å². The maximum Gasteiger partial charge on any atom is 0.218 e. The summed E-state index contributed by atoms with van der Waals surface area (Å²) in [6.45, 7) is 7.48. The standard InChI is InChI=1S/C25H32O5S/c1-15-10-18-6-5-7-21(18)22(24(15)16(2)17-8-9-17)12-20(26)14-31(28,29)23-11-19(13-30-23)25(3,4)27/h10-11,13,16-17,27H,5-9,12,14H2,1-4H3/t16-/m1/s1. The molecule has 1 heterocycles. The average Bonchev–Trinajstić information content (AvgIpc) is 3.17. The minimum atomic E-state index is -3.91. The lowest BCUT2D eigenvalue weighted by atomic mass is 9.82. The van der Waals surface area contributed by atoms with Crippen LogP contribution in [0.25, 0.3) is 0 Å². The van der Waals surface area contributed by atoms with Crippen molar-refractivity contribution >= 4 is 15.6 Å². The van der Waals surface area contributed by atoms with E-state index in [1.165, 1.54) is 47.4 Å². The molecule has 1 fully saturated rings. The Hall–Kier alpha value is -1.92. The van der Waals surface area contributed by atoms with Gasteiger partial charge in [-0.25, -0.2) is 8.42 Å². The van der Waals surface area contributed by atoms with E-state index < -0.39 is 21.2 Å². The molecule has 1 aromatic carbocycles. The molecule has 2 aromatic rings. The molecule has 0 unspecified atom stereocenters. The van der Waals surface area contributed by atoms with Gasteiger partial charge in [0.05, 0.1) is 11.9 Å². The minimum Gasteiger partial charge on any atom is -0.453 e. The van der Waals surface area contributed by atoms with Crippen molar-refractivity contribution in [3.8, 4) is 0 Å². The van der Waals surface area contributed by atoms with E-state index in [0.29, 0.717) is 17.4 Å². The zero-order valence-electron chi connectivity index (χ0n) is 18.8. The highest BCUT2D eigenvalue weighted by Crippen LogP contribution is 2.46. The Morgan fingerprint density at radius 1 is 1.26 bits per heavy atom. The Morgan fingerprint density at radius 2 is 1.97 bits per heavy atom. The number of rotatable bonds is 8. The van der Waals surface area contributed by atoms with E-state index >= 15 is 0 Å². The molecule has 2 aliphatic rings. The number of Topliss-reactive ketones (excluding diaryl/α,β-unsaturated/α-hetero) is 1. The molecule has 0 radical (unpaired) electrons. The van der Waals surface area contributed by atoms with Crippen molar-refractivity contribution in [2.24, 2.45) is 5.92 Å². The molecule has 1 aromatic heterocycles. The van der Waals surface area contributed by atoms with Gasteiger partial charge in [0, 0.05) is 18.1 Å². The Labute approximate surface area is 184 Å². The number of hydrogen-bond donors (Lipinski definition) is 1. The van der Waals surface area contributed by atoms with E-state index in [1.54, 1.807) is 13.8 Å². The van der Waals surface area contributed by atoms with Crippen LogP contribution in [0.4, 0.5) is 0 Å². The predicted octanol–water partition coefficient (Wildman–Crippen LogP) is 4.40. The number of aryl methyl sites for hydroxylation is 2. The second kappa shape index (κ2) is 7.89. The number of carbonyl (C=O) groups excluding carboxylic acids is 1. The van der Waals surface area contributed by atoms with Crippen LogP contribution in [0.2, 0.25) is 0 Å². The average molecular weight is 445 g/mol. The molecule has 31 heavy (non-hydrogen) atoms. The molecule has 1 saturated carbocycles. The number of furan rings is 1. The van der Waals surface area contributed by atoms with Crippen molar-refractivity contribution < 1.29 is 22.7 Å². The number of ketones is 1. The zero-order chi connectivity index (χ0) is 22.6. The van der Waals surface area contributed by atoms with Gasteiger partial charge in [-0.05, 0) is 92.5 Å². The first kappa shape index (κ1) is 22.3. The van der Waals surface area contributed by atoms with E-state index in [1.807, 2.05) is 0 Å². The van der Waals surface area contributed by atoms with Crippen LogP contribution in [-0.2, 0) is 39.5 Å². The number of benzene rings is 1. The zero-order valence-corrected chi connectivity index (χ0v) is 19.6. The van der Waals surface area contributed by atoms with Crippen molar-refractivity contribution in [1.82, 2.24) is 0 Å². The molecular formula is C25H32O5S. The first-order chi connectivity index (χ1) is 14.5. The first-order valence-electron chi connectivity index (χ1n) is 11.2. The molecule has 1 N–H and O–H groups in total. The molecule has 0 bridgehead atoms. The van der Waals surface area contributed by atoms with Crippen LogP contribution < -0.4 is 0 Å². The summed E-state index contributed by atoms with van der Waals surface area (Å²) in [5, 5.41) is 9.81. The van der Waals surface area contributed by atoms with Crippen LogP contribution >= 0.6 is 0 Å². The SMILES string of the molecule is Cc1cc2c(c(CC(=O)CS(=O)(=O)c3cc(C(C)(C)O)co3)c1[C@H](C)C1CC1)CCC2. The van der Waals surface area contributed by atoms with E-state index in [-0.39, 0.29) is 17.3 Å². The van der Waals surface area contributed by atoms with Crippen molar-refractivity contribution in [2.45, 2.75) is 82.8 Å². The third-order valence-electron chi connectivity index (χ3n) is 6.86. The molecule has 0 aliphatic heterocycles. The van der Waals surface area contributed by atoms with Crippen LogP contribution in [0.15, 0.2) is 27.9 Å². The number of fused-ring (bicyclic) bond motifs is 1. The lowest BCUT2D eigenvalue weighted by Crippen LogP contribution is -2.20. The molecule has 168 valence electrons. The van der Waals surface area contributed by atoms with E-state index in [2.05, 4.69) is 19.9 Å². The first-order valence-corrected chi connectivity index (χ1v) is 12.8. The topological polar surface area (TPSA) is 84.6 Å². The highest BCUT2D eigenvalue weighted by Gasteiger charge is 2.34. The summed E-state index contributed by atoms with van der Waals surface area (Å²) in [7, 11) is -3.91. The van der Waals surface area contributed by atoms with E-state index in [0.717, 1.165) is 24.8 Å². The van der Waals surface area contributed by atoms with Crippen molar-refractivity contribution in [3.63, 3.8) is 0 Å². The van der Waals surface area contributed by atoms with Gasteiger partial charge in [-0.3, -0.25) is 4.79 Å². The van der Waals surface area contributed by atoms with Gasteiger partial charge in [0.2, 0.25) is 14.9 Å². The summed E-state index contributed by atoms with van der Waals surface area (Å²) < 4.78 is 30.8. The van der Waals surface area contributed by atoms with Gasteiger partial charge in [-0.15, -0.1) is 0 Å². The molecule has 0 amide bonds. The molecule has 5 nitrogen and oxygen atoms in total.